The Morgan fingerprint density at radius 1 is 1.29 bits per heavy atom. The zero-order valence-electron chi connectivity index (χ0n) is 12.1. The number of aromatic nitrogens is 2. The summed E-state index contributed by atoms with van der Waals surface area (Å²) in [7, 11) is 2.01. The molecule has 0 aliphatic rings. The minimum atomic E-state index is 0.296. The number of benzene rings is 1. The smallest absolute Gasteiger partial charge is 0.0722 e. The summed E-state index contributed by atoms with van der Waals surface area (Å²) < 4.78 is 3.25. The average molecular weight is 364 g/mol. The molecule has 0 fully saturated rings. The number of rotatable bonds is 5. The lowest BCUT2D eigenvalue weighted by molar-refractivity contribution is 0.580. The van der Waals surface area contributed by atoms with Gasteiger partial charge in [-0.2, -0.15) is 5.10 Å². The summed E-state index contributed by atoms with van der Waals surface area (Å²) in [4.78, 5) is 1.33. The molecule has 0 spiro atoms. The van der Waals surface area contributed by atoms with Crippen LogP contribution in [0.25, 0.3) is 10.9 Å². The molecular weight excluding hydrogens is 346 g/mol. The molecule has 1 atom stereocenters. The third-order valence-corrected chi connectivity index (χ3v) is 5.45. The lowest BCUT2D eigenvalue weighted by Gasteiger charge is -2.13. The van der Waals surface area contributed by atoms with E-state index in [9.17, 15) is 0 Å². The van der Waals surface area contributed by atoms with Gasteiger partial charge in [-0.3, -0.25) is 4.68 Å². The van der Waals surface area contributed by atoms with Crippen LogP contribution in [0.2, 0.25) is 0 Å². The second-order valence-corrected chi connectivity index (χ2v) is 7.46. The first-order chi connectivity index (χ1) is 10.2. The number of aryl methyl sites for hydroxylation is 1. The summed E-state index contributed by atoms with van der Waals surface area (Å²) in [6, 6.07) is 13.1. The second-order valence-electron chi connectivity index (χ2n) is 4.97. The largest absolute Gasteiger partial charge is 0.312 e. The van der Waals surface area contributed by atoms with Gasteiger partial charge in [0.05, 0.1) is 15.0 Å². The maximum absolute atomic E-state index is 4.80. The van der Waals surface area contributed by atoms with Crippen LogP contribution in [0.3, 0.4) is 0 Å². The van der Waals surface area contributed by atoms with E-state index in [-0.39, 0.29) is 0 Å². The topological polar surface area (TPSA) is 29.9 Å². The number of hydrogen-bond acceptors (Lipinski definition) is 3. The summed E-state index contributed by atoms with van der Waals surface area (Å²) in [5.41, 5.74) is 2.38. The van der Waals surface area contributed by atoms with E-state index in [4.69, 9.17) is 5.10 Å². The molecule has 0 bridgehead atoms. The Morgan fingerprint density at radius 2 is 2.10 bits per heavy atom. The number of thiophene rings is 1. The number of hydrogen-bond donors (Lipinski definition) is 1. The summed E-state index contributed by atoms with van der Waals surface area (Å²) in [5, 5.41) is 9.47. The van der Waals surface area contributed by atoms with E-state index in [1.54, 1.807) is 11.3 Å². The second kappa shape index (κ2) is 6.30. The van der Waals surface area contributed by atoms with E-state index in [0.717, 1.165) is 18.7 Å². The molecule has 1 N–H and O–H groups in total. The van der Waals surface area contributed by atoms with E-state index in [1.807, 2.05) is 7.05 Å². The summed E-state index contributed by atoms with van der Waals surface area (Å²) in [6.07, 6.45) is 0.900. The molecule has 0 aliphatic heterocycles. The fraction of sp³-hybridized carbons (Fsp3) is 0.312. The highest BCUT2D eigenvalue weighted by molar-refractivity contribution is 9.11. The van der Waals surface area contributed by atoms with E-state index in [0.29, 0.717) is 6.04 Å². The molecule has 1 unspecified atom stereocenters. The van der Waals surface area contributed by atoms with Crippen LogP contribution in [0, 0.1) is 0 Å². The molecule has 0 radical (unpaired) electrons. The number of halogens is 1. The van der Waals surface area contributed by atoms with E-state index >= 15 is 0 Å². The van der Waals surface area contributed by atoms with Crippen molar-refractivity contribution < 1.29 is 0 Å². The number of para-hydroxylation sites is 1. The molecule has 3 rings (SSSR count). The van der Waals surface area contributed by atoms with Crippen LogP contribution < -0.4 is 5.32 Å². The molecule has 3 nitrogen and oxygen atoms in total. The lowest BCUT2D eigenvalue weighted by atomic mass is 10.1. The van der Waals surface area contributed by atoms with Crippen LogP contribution in [0.1, 0.15) is 23.5 Å². The first kappa shape index (κ1) is 14.8. The van der Waals surface area contributed by atoms with Crippen LogP contribution in [-0.4, -0.2) is 16.8 Å². The molecular formula is C16H18BrN3S. The molecule has 3 aromatic rings. The fourth-order valence-corrected chi connectivity index (χ4v) is 4.18. The van der Waals surface area contributed by atoms with Gasteiger partial charge in [-0.15, -0.1) is 11.3 Å². The van der Waals surface area contributed by atoms with Crippen LogP contribution in [0.15, 0.2) is 40.2 Å². The van der Waals surface area contributed by atoms with Crippen molar-refractivity contribution in [3.05, 3.63) is 50.8 Å². The maximum atomic E-state index is 4.80. The van der Waals surface area contributed by atoms with Crippen molar-refractivity contribution in [1.29, 1.82) is 0 Å². The molecule has 0 saturated carbocycles. The van der Waals surface area contributed by atoms with Gasteiger partial charge in [-0.05, 0) is 48.1 Å². The lowest BCUT2D eigenvalue weighted by Crippen LogP contribution is -2.18. The Kier molecular flexibility index (Phi) is 4.42. The molecule has 1 aromatic carbocycles. The first-order valence-electron chi connectivity index (χ1n) is 7.09. The van der Waals surface area contributed by atoms with Crippen molar-refractivity contribution >= 4 is 38.2 Å². The highest BCUT2D eigenvalue weighted by atomic mass is 79.9. The Labute approximate surface area is 137 Å². The van der Waals surface area contributed by atoms with Crippen molar-refractivity contribution in [3.63, 3.8) is 0 Å². The molecule has 2 aromatic heterocycles. The monoisotopic (exact) mass is 363 g/mol. The van der Waals surface area contributed by atoms with Crippen molar-refractivity contribution in [2.24, 2.45) is 0 Å². The predicted octanol–water partition coefficient (Wildman–Crippen LogP) is 4.38. The zero-order valence-corrected chi connectivity index (χ0v) is 14.5. The van der Waals surface area contributed by atoms with Crippen molar-refractivity contribution in [2.45, 2.75) is 25.9 Å². The van der Waals surface area contributed by atoms with Crippen LogP contribution in [0.5, 0.6) is 0 Å². The number of likely N-dealkylation sites (N-methyl/N-ethyl adjacent to an activating group) is 1. The van der Waals surface area contributed by atoms with Gasteiger partial charge in [-0.25, -0.2) is 0 Å². The van der Waals surface area contributed by atoms with Crippen LogP contribution in [0.4, 0.5) is 0 Å². The van der Waals surface area contributed by atoms with Gasteiger partial charge in [0.15, 0.2) is 0 Å². The Morgan fingerprint density at radius 3 is 2.76 bits per heavy atom. The summed E-state index contributed by atoms with van der Waals surface area (Å²) >= 11 is 5.32. The minimum absolute atomic E-state index is 0.296. The quantitative estimate of drug-likeness (QED) is 0.728. The minimum Gasteiger partial charge on any atom is -0.312 e. The number of fused-ring (bicyclic) bond motifs is 1. The van der Waals surface area contributed by atoms with E-state index in [2.05, 4.69) is 69.3 Å². The zero-order chi connectivity index (χ0) is 14.8. The Hall–Kier alpha value is -1.17. The standard InChI is InChI=1S/C16H18BrN3S/c1-3-20-14-7-5-4-6-11(14)12(19-20)10-13(18-2)15-8-9-16(17)21-15/h4-9,13,18H,3,10H2,1-2H3. The number of nitrogens with zero attached hydrogens (tertiary/aromatic N) is 2. The average Bonchev–Trinajstić information content (AvgIpc) is 3.09. The van der Waals surface area contributed by atoms with Crippen molar-refractivity contribution in [1.82, 2.24) is 15.1 Å². The third kappa shape index (κ3) is 2.91. The van der Waals surface area contributed by atoms with Crippen molar-refractivity contribution in [3.8, 4) is 0 Å². The van der Waals surface area contributed by atoms with E-state index < -0.39 is 0 Å². The highest BCUT2D eigenvalue weighted by Crippen LogP contribution is 2.30. The molecule has 2 heterocycles. The fourth-order valence-electron chi connectivity index (χ4n) is 2.64. The molecule has 21 heavy (non-hydrogen) atoms. The summed E-state index contributed by atoms with van der Waals surface area (Å²) in [5.74, 6) is 0. The molecule has 0 amide bonds. The predicted molar refractivity (Wildman–Crippen MR) is 92.9 cm³/mol. The molecule has 5 heteroatoms. The first-order valence-corrected chi connectivity index (χ1v) is 8.70. The molecule has 0 aliphatic carbocycles. The van der Waals surface area contributed by atoms with Crippen LogP contribution in [-0.2, 0) is 13.0 Å². The van der Waals surface area contributed by atoms with Gasteiger partial charge in [0.25, 0.3) is 0 Å². The van der Waals surface area contributed by atoms with Crippen LogP contribution >= 0.6 is 27.3 Å². The Bertz CT molecular complexity index is 747. The van der Waals surface area contributed by atoms with Crippen molar-refractivity contribution in [2.75, 3.05) is 7.05 Å². The molecule has 0 saturated heterocycles. The van der Waals surface area contributed by atoms with E-state index in [1.165, 1.54) is 19.6 Å². The van der Waals surface area contributed by atoms with Gasteiger partial charge < -0.3 is 5.32 Å². The van der Waals surface area contributed by atoms with Gasteiger partial charge in [0.2, 0.25) is 0 Å². The summed E-state index contributed by atoms with van der Waals surface area (Å²) in [6.45, 7) is 3.03. The molecule has 110 valence electrons. The normalized spacial score (nSPS) is 12.9. The van der Waals surface area contributed by atoms with Gasteiger partial charge >= 0.3 is 0 Å². The SMILES string of the molecule is CCn1nc(CC(NC)c2ccc(Br)s2)c2ccccc21. The van der Waals surface area contributed by atoms with Gasteiger partial charge in [0.1, 0.15) is 0 Å². The number of nitrogens with one attached hydrogen (secondary N) is 1. The highest BCUT2D eigenvalue weighted by Gasteiger charge is 2.17. The maximum Gasteiger partial charge on any atom is 0.0722 e. The Balaban J connectivity index is 1.97. The van der Waals surface area contributed by atoms with Gasteiger partial charge in [-0.1, -0.05) is 18.2 Å². The van der Waals surface area contributed by atoms with Gasteiger partial charge in [0, 0.05) is 29.3 Å². The third-order valence-electron chi connectivity index (χ3n) is 3.72.